The molecule has 1 fully saturated rings. The molecule has 160 valence electrons. The molecule has 1 aliphatic rings. The number of nitrogens with two attached hydrogens (primary N) is 1. The van der Waals surface area contributed by atoms with Gasteiger partial charge in [0.15, 0.2) is 0 Å². The molecule has 5 aromatic heterocycles. The van der Waals surface area contributed by atoms with Gasteiger partial charge in [-0.3, -0.25) is 15.1 Å². The number of fused-ring (bicyclic) bond motifs is 2. The van der Waals surface area contributed by atoms with Crippen LogP contribution >= 0.6 is 0 Å². The summed E-state index contributed by atoms with van der Waals surface area (Å²) >= 11 is 0. The van der Waals surface area contributed by atoms with E-state index in [1.807, 2.05) is 30.6 Å². The second kappa shape index (κ2) is 7.31. The Bertz CT molecular complexity index is 1430. The standard InChI is InChI=1S/C23H23N9/c1-31-4-6-32(7-5-31)21-13-26-12-20-16(21)9-19(27-20)23-22-18(29-30-23)3-2-17(28-22)14-8-15(24)11-25-10-14/h2-3,8-13,27H,4-7,24H2,1H3,(H,29,30). The van der Waals surface area contributed by atoms with Crippen molar-refractivity contribution in [2.45, 2.75) is 0 Å². The van der Waals surface area contributed by atoms with Gasteiger partial charge in [0, 0.05) is 49.5 Å². The number of nitrogens with zero attached hydrogens (tertiary/aromatic N) is 6. The van der Waals surface area contributed by atoms with Crippen molar-refractivity contribution in [2.75, 3.05) is 43.9 Å². The Labute approximate surface area is 184 Å². The third kappa shape index (κ3) is 3.14. The number of anilines is 2. The van der Waals surface area contributed by atoms with Gasteiger partial charge in [-0.05, 0) is 31.3 Å². The third-order valence-corrected chi connectivity index (χ3v) is 6.09. The number of likely N-dealkylation sites (N-methyl/N-ethyl adjacent to an activating group) is 1. The molecule has 4 N–H and O–H groups in total. The normalized spacial score (nSPS) is 15.1. The molecule has 1 aliphatic heterocycles. The van der Waals surface area contributed by atoms with Crippen molar-refractivity contribution in [1.82, 2.24) is 35.0 Å². The van der Waals surface area contributed by atoms with Crippen LogP contribution in [-0.2, 0) is 0 Å². The average molecular weight is 426 g/mol. The Balaban J connectivity index is 1.44. The van der Waals surface area contributed by atoms with E-state index in [9.17, 15) is 0 Å². The van der Waals surface area contributed by atoms with Crippen LogP contribution < -0.4 is 10.6 Å². The maximum absolute atomic E-state index is 5.91. The van der Waals surface area contributed by atoms with E-state index in [-0.39, 0.29) is 0 Å². The highest BCUT2D eigenvalue weighted by Gasteiger charge is 2.19. The van der Waals surface area contributed by atoms with Gasteiger partial charge in [-0.2, -0.15) is 5.10 Å². The molecule has 0 radical (unpaired) electrons. The van der Waals surface area contributed by atoms with Gasteiger partial charge in [-0.1, -0.05) is 0 Å². The van der Waals surface area contributed by atoms with E-state index in [1.54, 1.807) is 12.4 Å². The molecule has 0 aliphatic carbocycles. The van der Waals surface area contributed by atoms with E-state index in [2.05, 4.69) is 48.1 Å². The van der Waals surface area contributed by atoms with E-state index >= 15 is 0 Å². The number of H-pyrrole nitrogens is 2. The highest BCUT2D eigenvalue weighted by Crippen LogP contribution is 2.33. The predicted octanol–water partition coefficient (Wildman–Crippen LogP) is 2.90. The zero-order valence-electron chi connectivity index (χ0n) is 17.7. The molecule has 0 saturated carbocycles. The first-order valence-electron chi connectivity index (χ1n) is 10.6. The first-order chi connectivity index (χ1) is 15.7. The smallest absolute Gasteiger partial charge is 0.135 e. The Morgan fingerprint density at radius 2 is 1.78 bits per heavy atom. The van der Waals surface area contributed by atoms with Gasteiger partial charge in [0.25, 0.3) is 0 Å². The Hall–Kier alpha value is -3.98. The minimum atomic E-state index is 0.608. The molecular weight excluding hydrogens is 402 g/mol. The van der Waals surface area contributed by atoms with Crippen molar-refractivity contribution in [3.63, 3.8) is 0 Å². The fourth-order valence-electron chi connectivity index (χ4n) is 4.31. The summed E-state index contributed by atoms with van der Waals surface area (Å²) in [6.07, 6.45) is 7.21. The summed E-state index contributed by atoms with van der Waals surface area (Å²) in [5.41, 5.74) is 13.7. The largest absolute Gasteiger partial charge is 0.397 e. The molecule has 5 aromatic rings. The number of nitrogens with one attached hydrogen (secondary N) is 2. The number of aromatic nitrogens is 6. The van der Waals surface area contributed by atoms with Crippen LogP contribution in [0.3, 0.4) is 0 Å². The lowest BCUT2D eigenvalue weighted by Gasteiger charge is -2.34. The summed E-state index contributed by atoms with van der Waals surface area (Å²) in [4.78, 5) is 21.8. The molecule has 0 aromatic carbocycles. The monoisotopic (exact) mass is 425 g/mol. The minimum Gasteiger partial charge on any atom is -0.397 e. The van der Waals surface area contributed by atoms with E-state index < -0.39 is 0 Å². The molecular formula is C23H23N9. The minimum absolute atomic E-state index is 0.608. The van der Waals surface area contributed by atoms with Gasteiger partial charge in [-0.25, -0.2) is 4.98 Å². The van der Waals surface area contributed by atoms with Crippen molar-refractivity contribution < 1.29 is 0 Å². The molecule has 0 bridgehead atoms. The maximum atomic E-state index is 5.91. The van der Waals surface area contributed by atoms with Crippen molar-refractivity contribution in [1.29, 1.82) is 0 Å². The van der Waals surface area contributed by atoms with Crippen LogP contribution in [0.15, 0.2) is 49.1 Å². The number of rotatable bonds is 3. The summed E-state index contributed by atoms with van der Waals surface area (Å²) in [5.74, 6) is 0. The van der Waals surface area contributed by atoms with Crippen LogP contribution in [-0.4, -0.2) is 68.3 Å². The summed E-state index contributed by atoms with van der Waals surface area (Å²) in [5, 5.41) is 8.81. The van der Waals surface area contributed by atoms with Gasteiger partial charge < -0.3 is 20.5 Å². The third-order valence-electron chi connectivity index (χ3n) is 6.09. The Morgan fingerprint density at radius 3 is 2.62 bits per heavy atom. The highest BCUT2D eigenvalue weighted by atomic mass is 15.3. The molecule has 1 saturated heterocycles. The molecule has 0 spiro atoms. The fourth-order valence-corrected chi connectivity index (χ4v) is 4.31. The topological polar surface area (TPSA) is 116 Å². The van der Waals surface area contributed by atoms with Gasteiger partial charge in [0.1, 0.15) is 11.2 Å². The SMILES string of the molecule is CN1CCN(c2cncc3[nH]c(-c4n[nH]c5ccc(-c6cncc(N)c6)nc45)cc23)CC1. The fraction of sp³-hybridized carbons (Fsp3) is 0.217. The number of nitrogen functional groups attached to an aromatic ring is 1. The quantitative estimate of drug-likeness (QED) is 0.407. The molecule has 0 unspecified atom stereocenters. The molecule has 0 amide bonds. The van der Waals surface area contributed by atoms with E-state index in [0.29, 0.717) is 5.69 Å². The van der Waals surface area contributed by atoms with Gasteiger partial charge >= 0.3 is 0 Å². The van der Waals surface area contributed by atoms with Crippen LogP contribution in [0, 0.1) is 0 Å². The Kier molecular flexibility index (Phi) is 4.29. The first kappa shape index (κ1) is 18.8. The van der Waals surface area contributed by atoms with Crippen LogP contribution in [0.25, 0.3) is 44.6 Å². The highest BCUT2D eigenvalue weighted by molar-refractivity contribution is 5.98. The second-order valence-electron chi connectivity index (χ2n) is 8.27. The number of hydrogen-bond donors (Lipinski definition) is 3. The molecule has 0 atom stereocenters. The van der Waals surface area contributed by atoms with Crippen molar-refractivity contribution in [3.8, 4) is 22.6 Å². The van der Waals surface area contributed by atoms with E-state index in [4.69, 9.17) is 10.7 Å². The van der Waals surface area contributed by atoms with Crippen molar-refractivity contribution >= 4 is 33.3 Å². The lowest BCUT2D eigenvalue weighted by Crippen LogP contribution is -2.44. The zero-order chi connectivity index (χ0) is 21.7. The predicted molar refractivity (Wildman–Crippen MR) is 126 cm³/mol. The van der Waals surface area contributed by atoms with Gasteiger partial charge in [0.05, 0.1) is 46.2 Å². The zero-order valence-corrected chi connectivity index (χ0v) is 17.7. The number of pyridine rings is 3. The molecule has 6 rings (SSSR count). The van der Waals surface area contributed by atoms with Crippen LogP contribution in [0.4, 0.5) is 11.4 Å². The average Bonchev–Trinajstić information content (AvgIpc) is 3.43. The number of piperazine rings is 1. The molecule has 9 heteroatoms. The lowest BCUT2D eigenvalue weighted by atomic mass is 10.1. The van der Waals surface area contributed by atoms with Gasteiger partial charge in [-0.15, -0.1) is 0 Å². The maximum Gasteiger partial charge on any atom is 0.135 e. The summed E-state index contributed by atoms with van der Waals surface area (Å²) in [6, 6.07) is 7.95. The Morgan fingerprint density at radius 1 is 0.938 bits per heavy atom. The van der Waals surface area contributed by atoms with Crippen LogP contribution in [0.2, 0.25) is 0 Å². The molecule has 6 heterocycles. The van der Waals surface area contributed by atoms with Crippen LogP contribution in [0.1, 0.15) is 0 Å². The number of aromatic amines is 2. The van der Waals surface area contributed by atoms with E-state index in [1.165, 1.54) is 0 Å². The lowest BCUT2D eigenvalue weighted by molar-refractivity contribution is 0.313. The number of hydrogen-bond acceptors (Lipinski definition) is 7. The van der Waals surface area contributed by atoms with E-state index in [0.717, 1.165) is 76.4 Å². The van der Waals surface area contributed by atoms with Crippen molar-refractivity contribution in [3.05, 3.63) is 49.1 Å². The van der Waals surface area contributed by atoms with Crippen molar-refractivity contribution in [2.24, 2.45) is 0 Å². The molecule has 32 heavy (non-hydrogen) atoms. The van der Waals surface area contributed by atoms with Crippen LogP contribution in [0.5, 0.6) is 0 Å². The summed E-state index contributed by atoms with van der Waals surface area (Å²) in [7, 11) is 2.16. The second-order valence-corrected chi connectivity index (χ2v) is 8.27. The summed E-state index contributed by atoms with van der Waals surface area (Å²) < 4.78 is 0. The van der Waals surface area contributed by atoms with Gasteiger partial charge in [0.2, 0.25) is 0 Å². The summed E-state index contributed by atoms with van der Waals surface area (Å²) in [6.45, 7) is 4.07. The molecule has 9 nitrogen and oxygen atoms in total. The first-order valence-corrected chi connectivity index (χ1v) is 10.6.